The number of hydrogen-bond donors (Lipinski definition) is 0. The number of oxime groups is 1. The summed E-state index contributed by atoms with van der Waals surface area (Å²) in [6.07, 6.45) is 0.626. The van der Waals surface area contributed by atoms with Crippen LogP contribution < -0.4 is 4.90 Å². The van der Waals surface area contributed by atoms with E-state index in [1.807, 2.05) is 19.1 Å². The van der Waals surface area contributed by atoms with Gasteiger partial charge in [-0.25, -0.2) is 4.90 Å². The number of carbonyl (C=O) groups is 2. The van der Waals surface area contributed by atoms with E-state index in [0.717, 1.165) is 9.78 Å². The zero-order valence-corrected chi connectivity index (χ0v) is 15.1. The molecular weight excluding hydrogens is 360 g/mol. The fourth-order valence-electron chi connectivity index (χ4n) is 3.12. The molecular formula is C17H14N2O4S2. The quantitative estimate of drug-likeness (QED) is 0.771. The van der Waals surface area contributed by atoms with Crippen molar-refractivity contribution < 1.29 is 18.6 Å². The molecule has 2 aliphatic heterocycles. The van der Waals surface area contributed by atoms with Crippen LogP contribution >= 0.6 is 11.3 Å². The third-order valence-electron chi connectivity index (χ3n) is 4.18. The van der Waals surface area contributed by atoms with Crippen LogP contribution in [0.5, 0.6) is 0 Å². The fraction of sp³-hybridized carbons (Fsp3) is 0.235. The molecule has 1 aromatic heterocycles. The third kappa shape index (κ3) is 2.44. The van der Waals surface area contributed by atoms with E-state index in [0.29, 0.717) is 21.2 Å². The number of hydrogen-bond acceptors (Lipinski definition) is 6. The van der Waals surface area contributed by atoms with E-state index in [-0.39, 0.29) is 5.91 Å². The zero-order valence-electron chi connectivity index (χ0n) is 13.5. The van der Waals surface area contributed by atoms with Gasteiger partial charge in [-0.15, -0.1) is 11.3 Å². The zero-order chi connectivity index (χ0) is 17.7. The number of fused-ring (bicyclic) bond motifs is 1. The second-order valence-electron chi connectivity index (χ2n) is 5.84. The molecule has 0 unspecified atom stereocenters. The first-order valence-electron chi connectivity index (χ1n) is 7.60. The first-order chi connectivity index (χ1) is 12.0. The second-order valence-corrected chi connectivity index (χ2v) is 8.67. The van der Waals surface area contributed by atoms with Gasteiger partial charge >= 0.3 is 0 Å². The molecule has 2 amide bonds. The Kier molecular flexibility index (Phi) is 3.81. The van der Waals surface area contributed by atoms with Crippen molar-refractivity contribution in [3.63, 3.8) is 0 Å². The highest BCUT2D eigenvalue weighted by Crippen LogP contribution is 2.37. The van der Waals surface area contributed by atoms with Gasteiger partial charge in [0.15, 0.2) is 0 Å². The van der Waals surface area contributed by atoms with Gasteiger partial charge in [-0.3, -0.25) is 13.8 Å². The van der Waals surface area contributed by atoms with Crippen molar-refractivity contribution in [2.24, 2.45) is 11.1 Å². The Balaban J connectivity index is 1.75. The minimum atomic E-state index is -1.22. The summed E-state index contributed by atoms with van der Waals surface area (Å²) >= 11 is 1.40. The molecule has 2 aromatic rings. The van der Waals surface area contributed by atoms with Crippen molar-refractivity contribution >= 4 is 45.3 Å². The van der Waals surface area contributed by atoms with Crippen molar-refractivity contribution in [2.45, 2.75) is 17.2 Å². The standard InChI is InChI=1S/C17H14N2O4S2/c1-9-8-11(17(24-9)25(2)22)13-12-14(23-18-13)16(21)19(15(12)20)10-6-4-3-5-7-10/h3-8,12,14H,1-2H3/t12-,14-,25-/m0/s1. The number of para-hydroxylation sites is 1. The lowest BCUT2D eigenvalue weighted by molar-refractivity contribution is -0.126. The molecule has 0 spiro atoms. The van der Waals surface area contributed by atoms with Crippen LogP contribution in [0.1, 0.15) is 10.4 Å². The molecule has 0 N–H and O–H groups in total. The lowest BCUT2D eigenvalue weighted by Gasteiger charge is -2.15. The van der Waals surface area contributed by atoms with Gasteiger partial charge in [-0.05, 0) is 25.1 Å². The van der Waals surface area contributed by atoms with Gasteiger partial charge < -0.3 is 4.84 Å². The summed E-state index contributed by atoms with van der Waals surface area (Å²) < 4.78 is 12.7. The number of rotatable bonds is 3. The number of thiophene rings is 1. The first kappa shape index (κ1) is 16.2. The molecule has 1 fully saturated rings. The Bertz CT molecular complexity index is 935. The van der Waals surface area contributed by atoms with Crippen molar-refractivity contribution in [3.8, 4) is 0 Å². The smallest absolute Gasteiger partial charge is 0.278 e. The molecule has 0 saturated carbocycles. The summed E-state index contributed by atoms with van der Waals surface area (Å²) in [7, 11) is -1.22. The maximum Gasteiger partial charge on any atom is 0.278 e. The van der Waals surface area contributed by atoms with Crippen molar-refractivity contribution in [3.05, 3.63) is 46.8 Å². The molecule has 6 nitrogen and oxygen atoms in total. The van der Waals surface area contributed by atoms with Gasteiger partial charge in [-0.2, -0.15) is 0 Å². The predicted octanol–water partition coefficient (Wildman–Crippen LogP) is 2.09. The van der Waals surface area contributed by atoms with Gasteiger partial charge in [0.05, 0.1) is 16.5 Å². The summed E-state index contributed by atoms with van der Waals surface area (Å²) in [4.78, 5) is 33.0. The molecule has 2 aliphatic rings. The Morgan fingerprint density at radius 1 is 1.20 bits per heavy atom. The monoisotopic (exact) mass is 374 g/mol. The summed E-state index contributed by atoms with van der Waals surface area (Å²) in [6, 6.07) is 10.6. The van der Waals surface area contributed by atoms with Gasteiger partial charge in [0, 0.05) is 16.7 Å². The van der Waals surface area contributed by atoms with E-state index in [4.69, 9.17) is 4.84 Å². The van der Waals surface area contributed by atoms with Crippen LogP contribution in [0.4, 0.5) is 5.69 Å². The lowest BCUT2D eigenvalue weighted by atomic mass is 9.95. The highest BCUT2D eigenvalue weighted by molar-refractivity contribution is 7.86. The highest BCUT2D eigenvalue weighted by atomic mass is 32.2. The number of carbonyl (C=O) groups excluding carboxylic acids is 2. The van der Waals surface area contributed by atoms with Crippen LogP contribution in [0.2, 0.25) is 0 Å². The molecule has 1 saturated heterocycles. The first-order valence-corrected chi connectivity index (χ1v) is 9.97. The van der Waals surface area contributed by atoms with Gasteiger partial charge in [-0.1, -0.05) is 23.4 Å². The van der Waals surface area contributed by atoms with Crippen LogP contribution in [0.25, 0.3) is 0 Å². The van der Waals surface area contributed by atoms with E-state index in [1.54, 1.807) is 30.5 Å². The number of anilines is 1. The molecule has 0 radical (unpaired) electrons. The number of nitrogens with zero attached hydrogens (tertiary/aromatic N) is 2. The van der Waals surface area contributed by atoms with Crippen LogP contribution in [-0.2, 0) is 25.2 Å². The SMILES string of the molecule is Cc1cc(C2=NO[C@@H]3C(=O)N(c4ccccc4)C(=O)[C@@H]23)c([S@](C)=O)s1. The van der Waals surface area contributed by atoms with E-state index in [1.165, 1.54) is 11.3 Å². The average Bonchev–Trinajstić information content (AvgIpc) is 3.24. The van der Waals surface area contributed by atoms with Gasteiger partial charge in [0.1, 0.15) is 15.8 Å². The third-order valence-corrected chi connectivity index (χ3v) is 6.73. The second kappa shape index (κ2) is 5.89. The Morgan fingerprint density at radius 3 is 2.60 bits per heavy atom. The van der Waals surface area contributed by atoms with Crippen LogP contribution in [0.3, 0.4) is 0 Å². The molecule has 1 aromatic carbocycles. The van der Waals surface area contributed by atoms with Gasteiger partial charge in [0.2, 0.25) is 12.0 Å². The van der Waals surface area contributed by atoms with E-state index in [9.17, 15) is 13.8 Å². The summed E-state index contributed by atoms with van der Waals surface area (Å²) in [5, 5.41) is 4.00. The molecule has 8 heteroatoms. The summed E-state index contributed by atoms with van der Waals surface area (Å²) in [6.45, 7) is 1.90. The van der Waals surface area contributed by atoms with Crippen LogP contribution in [0, 0.1) is 12.8 Å². The Hall–Kier alpha value is -2.32. The molecule has 3 atom stereocenters. The predicted molar refractivity (Wildman–Crippen MR) is 95.2 cm³/mol. The number of imide groups is 1. The maximum absolute atomic E-state index is 12.9. The normalized spacial score (nSPS) is 23.4. The van der Waals surface area contributed by atoms with Crippen LogP contribution in [-0.4, -0.2) is 34.1 Å². The lowest BCUT2D eigenvalue weighted by Crippen LogP contribution is -2.33. The average molecular weight is 374 g/mol. The Morgan fingerprint density at radius 2 is 1.92 bits per heavy atom. The van der Waals surface area contributed by atoms with Crippen molar-refractivity contribution in [1.29, 1.82) is 0 Å². The molecule has 0 bridgehead atoms. The number of benzene rings is 1. The minimum absolute atomic E-state index is 0.367. The van der Waals surface area contributed by atoms with E-state index in [2.05, 4.69) is 5.16 Å². The van der Waals surface area contributed by atoms with Crippen molar-refractivity contribution in [1.82, 2.24) is 0 Å². The minimum Gasteiger partial charge on any atom is -0.381 e. The molecule has 4 rings (SSSR count). The van der Waals surface area contributed by atoms with E-state index >= 15 is 0 Å². The van der Waals surface area contributed by atoms with Crippen molar-refractivity contribution in [2.75, 3.05) is 11.2 Å². The van der Waals surface area contributed by atoms with Crippen LogP contribution in [0.15, 0.2) is 45.8 Å². The van der Waals surface area contributed by atoms with Gasteiger partial charge in [0.25, 0.3) is 5.91 Å². The largest absolute Gasteiger partial charge is 0.381 e. The number of aryl methyl sites for hydroxylation is 1. The maximum atomic E-state index is 12.9. The fourth-order valence-corrected chi connectivity index (χ4v) is 5.20. The topological polar surface area (TPSA) is 76.0 Å². The van der Waals surface area contributed by atoms with E-state index < -0.39 is 28.7 Å². The molecule has 0 aliphatic carbocycles. The number of amides is 2. The molecule has 25 heavy (non-hydrogen) atoms. The molecule has 3 heterocycles. The Labute approximate surface area is 150 Å². The summed E-state index contributed by atoms with van der Waals surface area (Å²) in [5.41, 5.74) is 1.53. The molecule has 128 valence electrons. The highest BCUT2D eigenvalue weighted by Gasteiger charge is 2.56. The summed E-state index contributed by atoms with van der Waals surface area (Å²) in [5.74, 6) is -1.59.